The van der Waals surface area contributed by atoms with Crippen LogP contribution in [0.15, 0.2) is 54.7 Å². The summed E-state index contributed by atoms with van der Waals surface area (Å²) in [6.45, 7) is 1.82. The van der Waals surface area contributed by atoms with Crippen molar-refractivity contribution in [3.05, 3.63) is 77.0 Å². The molecule has 1 spiro atoms. The lowest BCUT2D eigenvalue weighted by atomic mass is 9.63. The molecule has 1 saturated carbocycles. The Balaban J connectivity index is 1.26. The topological polar surface area (TPSA) is 82.5 Å². The highest BCUT2D eigenvalue weighted by Crippen LogP contribution is 2.56. The molecule has 2 aliphatic heterocycles. The Bertz CT molecular complexity index is 1450. The quantitative estimate of drug-likeness (QED) is 0.423. The van der Waals surface area contributed by atoms with Crippen LogP contribution in [0.3, 0.4) is 0 Å². The second-order valence-electron chi connectivity index (χ2n) is 11.7. The molecular weight excluding hydrogens is 519 g/mol. The van der Waals surface area contributed by atoms with Crippen molar-refractivity contribution in [2.45, 2.75) is 69.2 Å². The number of carbonyl (C=O) groups is 2. The monoisotopic (exact) mass is 551 g/mol. The maximum Gasteiger partial charge on any atom is 0.416 e. The minimum atomic E-state index is -4.36. The zero-order valence-electron chi connectivity index (χ0n) is 22.1. The van der Waals surface area contributed by atoms with Gasteiger partial charge in [0.1, 0.15) is 0 Å². The molecule has 0 radical (unpaired) electrons. The third kappa shape index (κ3) is 4.79. The molecule has 2 atom stereocenters. The molecule has 40 heavy (non-hydrogen) atoms. The molecule has 3 heterocycles. The number of imide groups is 1. The van der Waals surface area contributed by atoms with Crippen LogP contribution in [0.2, 0.25) is 0 Å². The van der Waals surface area contributed by atoms with Crippen LogP contribution in [0, 0.1) is 5.41 Å². The predicted octanol–water partition coefficient (Wildman–Crippen LogP) is 5.43. The van der Waals surface area contributed by atoms with Crippen molar-refractivity contribution in [3.63, 3.8) is 0 Å². The van der Waals surface area contributed by atoms with Crippen molar-refractivity contribution in [1.82, 2.24) is 15.2 Å². The van der Waals surface area contributed by atoms with Crippen LogP contribution < -0.4 is 5.32 Å². The molecule has 3 fully saturated rings. The van der Waals surface area contributed by atoms with Gasteiger partial charge in [-0.2, -0.15) is 13.2 Å². The average molecular weight is 552 g/mol. The van der Waals surface area contributed by atoms with Gasteiger partial charge in [0.25, 0.3) is 0 Å². The van der Waals surface area contributed by atoms with Crippen LogP contribution in [-0.2, 0) is 27.9 Å². The highest BCUT2D eigenvalue weighted by atomic mass is 19.4. The first kappa shape index (κ1) is 26.9. The van der Waals surface area contributed by atoms with Crippen LogP contribution in [0.1, 0.15) is 73.1 Å². The summed E-state index contributed by atoms with van der Waals surface area (Å²) in [5.41, 5.74) is 1.11. The number of hydrogen-bond acceptors (Lipinski definition) is 5. The number of aromatic nitrogens is 1. The number of carbonyl (C=O) groups excluding carboxylic acids is 2. The third-order valence-corrected chi connectivity index (χ3v) is 9.26. The normalized spacial score (nSPS) is 25.4. The van der Waals surface area contributed by atoms with Gasteiger partial charge in [-0.15, -0.1) is 0 Å². The van der Waals surface area contributed by atoms with Crippen molar-refractivity contribution in [2.75, 3.05) is 13.1 Å². The van der Waals surface area contributed by atoms with Gasteiger partial charge in [0.15, 0.2) is 0 Å². The predicted molar refractivity (Wildman–Crippen MR) is 143 cm³/mol. The van der Waals surface area contributed by atoms with Gasteiger partial charge in [-0.25, -0.2) is 0 Å². The van der Waals surface area contributed by atoms with Gasteiger partial charge in [0, 0.05) is 43.1 Å². The third-order valence-electron chi connectivity index (χ3n) is 9.26. The van der Waals surface area contributed by atoms with Gasteiger partial charge in [-0.3, -0.25) is 24.8 Å². The number of aliphatic hydroxyl groups is 1. The minimum Gasteiger partial charge on any atom is -0.384 e. The van der Waals surface area contributed by atoms with Crippen molar-refractivity contribution in [1.29, 1.82) is 0 Å². The summed E-state index contributed by atoms with van der Waals surface area (Å²) in [7, 11) is 0. The van der Waals surface area contributed by atoms with E-state index in [-0.39, 0.29) is 17.2 Å². The van der Waals surface area contributed by atoms with E-state index in [0.717, 1.165) is 65.4 Å². The number of piperidine rings is 2. The Morgan fingerprint density at radius 3 is 2.48 bits per heavy atom. The molecule has 1 aliphatic carbocycles. The van der Waals surface area contributed by atoms with Crippen molar-refractivity contribution < 1.29 is 27.9 Å². The molecule has 6 nitrogen and oxygen atoms in total. The van der Waals surface area contributed by atoms with Crippen LogP contribution in [0.5, 0.6) is 0 Å². The van der Waals surface area contributed by atoms with E-state index in [4.69, 9.17) is 0 Å². The van der Waals surface area contributed by atoms with E-state index in [0.29, 0.717) is 38.9 Å². The van der Waals surface area contributed by atoms with E-state index in [1.165, 1.54) is 0 Å². The average Bonchev–Trinajstić information content (AvgIpc) is 3.40. The molecule has 9 heteroatoms. The molecule has 2 N–H and O–H groups in total. The van der Waals surface area contributed by atoms with Crippen molar-refractivity contribution in [2.24, 2.45) is 5.41 Å². The number of alkyl halides is 3. The van der Waals surface area contributed by atoms with E-state index in [9.17, 15) is 27.9 Å². The Morgan fingerprint density at radius 2 is 1.77 bits per heavy atom. The number of benzene rings is 2. The number of pyridine rings is 1. The maximum atomic E-state index is 13.0. The van der Waals surface area contributed by atoms with Crippen molar-refractivity contribution >= 4 is 22.7 Å². The van der Waals surface area contributed by atoms with E-state index in [1.807, 2.05) is 24.3 Å². The summed E-state index contributed by atoms with van der Waals surface area (Å²) < 4.78 is 39.0. The first-order valence-corrected chi connectivity index (χ1v) is 13.9. The second-order valence-corrected chi connectivity index (χ2v) is 11.7. The Kier molecular flexibility index (Phi) is 6.70. The maximum absolute atomic E-state index is 13.0. The fourth-order valence-electron chi connectivity index (χ4n) is 7.10. The molecule has 6 rings (SSSR count). The van der Waals surface area contributed by atoms with E-state index in [1.54, 1.807) is 18.3 Å². The highest BCUT2D eigenvalue weighted by Gasteiger charge is 2.55. The smallest absolute Gasteiger partial charge is 0.384 e. The van der Waals surface area contributed by atoms with Crippen LogP contribution in [0.4, 0.5) is 13.2 Å². The molecule has 3 aromatic rings. The second kappa shape index (κ2) is 9.96. The number of rotatable bonds is 4. The lowest BCUT2D eigenvalue weighted by Crippen LogP contribution is -2.56. The Labute approximate surface area is 230 Å². The molecule has 1 aromatic heterocycles. The largest absolute Gasteiger partial charge is 0.416 e. The summed E-state index contributed by atoms with van der Waals surface area (Å²) in [4.78, 5) is 30.9. The van der Waals surface area contributed by atoms with Gasteiger partial charge in [-0.05, 0) is 72.7 Å². The highest BCUT2D eigenvalue weighted by molar-refractivity contribution is 6.01. The van der Waals surface area contributed by atoms with Gasteiger partial charge >= 0.3 is 6.18 Å². The standard InChI is InChI=1S/C31H32F3N3O3/c32-31(33,34)23-5-3-20(4-6-23)18-37-14-13-30(40,29(19-37)11-1-2-12-29)24-7-9-26-21(16-24)15-22(17-35-26)25-8-10-27(38)36-28(25)39/h3-7,9,15-17,25,40H,1-2,8,10-14,18-19H2,(H,36,38,39). The van der Waals surface area contributed by atoms with E-state index in [2.05, 4.69) is 15.2 Å². The number of nitrogens with one attached hydrogen (secondary N) is 1. The first-order valence-electron chi connectivity index (χ1n) is 13.9. The molecule has 2 amide bonds. The number of halogens is 3. The summed E-state index contributed by atoms with van der Waals surface area (Å²) in [5.74, 6) is -1.00. The summed E-state index contributed by atoms with van der Waals surface area (Å²) in [6.07, 6.45) is 2.37. The molecule has 3 aliphatic rings. The van der Waals surface area contributed by atoms with E-state index >= 15 is 0 Å². The molecule has 0 bridgehead atoms. The zero-order chi connectivity index (χ0) is 28.1. The van der Waals surface area contributed by atoms with Gasteiger partial charge < -0.3 is 5.11 Å². The fourth-order valence-corrected chi connectivity index (χ4v) is 7.10. The number of nitrogens with zero attached hydrogens (tertiary/aromatic N) is 2. The van der Waals surface area contributed by atoms with Crippen molar-refractivity contribution in [3.8, 4) is 0 Å². The summed E-state index contributed by atoms with van der Waals surface area (Å²) in [6, 6.07) is 13.1. The fraction of sp³-hybridized carbons (Fsp3) is 0.452. The summed E-state index contributed by atoms with van der Waals surface area (Å²) >= 11 is 0. The first-order chi connectivity index (χ1) is 19.1. The van der Waals surface area contributed by atoms with Gasteiger partial charge in [0.05, 0.1) is 22.6 Å². The lowest BCUT2D eigenvalue weighted by Gasteiger charge is -2.52. The number of hydrogen-bond donors (Lipinski definition) is 2. The van der Waals surface area contributed by atoms with Gasteiger partial charge in [-0.1, -0.05) is 31.0 Å². The SMILES string of the molecule is O=C1CCC(c2cnc3ccc(C4(O)CCN(Cc5ccc(C(F)(F)F)cc5)CC45CCCC5)cc3c2)C(=O)N1. The minimum absolute atomic E-state index is 0.258. The van der Waals surface area contributed by atoms with Crippen LogP contribution in [0.25, 0.3) is 10.9 Å². The van der Waals surface area contributed by atoms with Crippen LogP contribution >= 0.6 is 0 Å². The number of likely N-dealkylation sites (tertiary alicyclic amines) is 1. The molecule has 2 saturated heterocycles. The van der Waals surface area contributed by atoms with E-state index < -0.39 is 23.3 Å². The molecule has 2 aromatic carbocycles. The number of fused-ring (bicyclic) bond motifs is 1. The molecule has 2 unspecified atom stereocenters. The lowest BCUT2D eigenvalue weighted by molar-refractivity contribution is -0.142. The number of amides is 2. The van der Waals surface area contributed by atoms with Crippen LogP contribution in [-0.4, -0.2) is 39.9 Å². The molecule has 210 valence electrons. The zero-order valence-corrected chi connectivity index (χ0v) is 22.1. The van der Waals surface area contributed by atoms with Gasteiger partial charge in [0.2, 0.25) is 11.8 Å². The Hall–Kier alpha value is -3.30. The Morgan fingerprint density at radius 1 is 1.02 bits per heavy atom. The summed E-state index contributed by atoms with van der Waals surface area (Å²) in [5, 5.41) is 15.6. The molecular formula is C31H32F3N3O3.